The Balaban J connectivity index is 1.35. The third-order valence-electron chi connectivity index (χ3n) is 4.42. The number of hydrogen-bond donors (Lipinski definition) is 2. The van der Waals surface area contributed by atoms with E-state index in [2.05, 4.69) is 15.0 Å². The Morgan fingerprint density at radius 3 is 2.97 bits per heavy atom. The van der Waals surface area contributed by atoms with Crippen LogP contribution in [0, 0.1) is 0 Å². The molecule has 2 unspecified atom stereocenters. The molecule has 10 nitrogen and oxygen atoms in total. The van der Waals surface area contributed by atoms with E-state index in [9.17, 15) is 9.36 Å². The third kappa shape index (κ3) is 4.52. The summed E-state index contributed by atoms with van der Waals surface area (Å²) < 4.78 is 31.1. The fourth-order valence-electron chi connectivity index (χ4n) is 3.02. The summed E-state index contributed by atoms with van der Waals surface area (Å²) in [5.74, 6) is 0.00634. The van der Waals surface area contributed by atoms with Gasteiger partial charge in [-0.05, 0) is 17.7 Å². The third-order valence-corrected chi connectivity index (χ3v) is 6.32. The molecule has 3 aromatic rings. The molecule has 0 spiro atoms. The Morgan fingerprint density at radius 2 is 2.17 bits per heavy atom. The van der Waals surface area contributed by atoms with Crippen LogP contribution < -0.4 is 11.3 Å². The summed E-state index contributed by atoms with van der Waals surface area (Å²) >= 11 is 5.91. The number of rotatable bonds is 6. The largest absolute Gasteiger partial charge is 0.369 e. The number of imidazole rings is 1. The van der Waals surface area contributed by atoms with Crippen molar-refractivity contribution in [2.75, 3.05) is 25.3 Å². The minimum Gasteiger partial charge on any atom is -0.369 e. The van der Waals surface area contributed by atoms with E-state index in [0.29, 0.717) is 30.2 Å². The molecule has 2 aromatic heterocycles. The molecule has 1 aliphatic heterocycles. The van der Waals surface area contributed by atoms with Gasteiger partial charge in [-0.2, -0.15) is 4.98 Å². The van der Waals surface area contributed by atoms with Gasteiger partial charge in [-0.25, -0.2) is 4.98 Å². The fourth-order valence-corrected chi connectivity index (χ4v) is 4.70. The Morgan fingerprint density at radius 1 is 1.38 bits per heavy atom. The van der Waals surface area contributed by atoms with Crippen LogP contribution in [0.1, 0.15) is 18.1 Å². The zero-order chi connectivity index (χ0) is 20.4. The van der Waals surface area contributed by atoms with Crippen LogP contribution in [0.25, 0.3) is 11.2 Å². The zero-order valence-corrected chi connectivity index (χ0v) is 16.9. The van der Waals surface area contributed by atoms with Crippen molar-refractivity contribution in [1.82, 2.24) is 19.5 Å². The van der Waals surface area contributed by atoms with E-state index in [1.54, 1.807) is 16.7 Å². The van der Waals surface area contributed by atoms with Crippen LogP contribution in [0.4, 0.5) is 5.95 Å². The molecule has 0 radical (unpaired) electrons. The Labute approximate surface area is 170 Å². The molecular weight excluding hydrogens is 421 g/mol. The molecule has 1 aliphatic rings. The first kappa shape index (κ1) is 20.1. The lowest BCUT2D eigenvalue weighted by Crippen LogP contribution is -2.17. The summed E-state index contributed by atoms with van der Waals surface area (Å²) in [5, 5.41) is 0.623. The van der Waals surface area contributed by atoms with Crippen molar-refractivity contribution in [3.8, 4) is 0 Å². The number of anilines is 1. The van der Waals surface area contributed by atoms with Crippen LogP contribution in [-0.2, 0) is 24.9 Å². The van der Waals surface area contributed by atoms with E-state index in [4.69, 9.17) is 31.1 Å². The van der Waals surface area contributed by atoms with Gasteiger partial charge in [-0.1, -0.05) is 23.7 Å². The number of nitrogens with zero attached hydrogens (tertiary/aromatic N) is 3. The predicted octanol–water partition coefficient (Wildman–Crippen LogP) is 2.70. The molecule has 0 aliphatic carbocycles. The molecule has 2 atom stereocenters. The summed E-state index contributed by atoms with van der Waals surface area (Å²) in [6.45, 7) is 0.848. The molecule has 12 heteroatoms. The second-order valence-corrected chi connectivity index (χ2v) is 8.86. The number of aromatic nitrogens is 4. The van der Waals surface area contributed by atoms with E-state index in [1.807, 2.05) is 12.1 Å². The summed E-state index contributed by atoms with van der Waals surface area (Å²) in [6.07, 6.45) is 1.54. The second kappa shape index (κ2) is 8.25. The molecule has 1 saturated heterocycles. The summed E-state index contributed by atoms with van der Waals surface area (Å²) in [7, 11) is -3.39. The van der Waals surface area contributed by atoms with Crippen molar-refractivity contribution in [3.63, 3.8) is 0 Å². The summed E-state index contributed by atoms with van der Waals surface area (Å²) in [5.41, 5.74) is 6.60. The molecule has 4 rings (SSSR count). The van der Waals surface area contributed by atoms with Gasteiger partial charge in [0.1, 0.15) is 6.35 Å². The Hall–Kier alpha value is -2.23. The number of H-pyrrole nitrogens is 1. The molecule has 3 N–H and O–H groups in total. The monoisotopic (exact) mass is 439 g/mol. The van der Waals surface area contributed by atoms with Crippen LogP contribution >= 0.6 is 19.2 Å². The van der Waals surface area contributed by atoms with E-state index in [0.717, 1.165) is 5.56 Å². The molecule has 3 heterocycles. The minimum atomic E-state index is -3.39. The maximum absolute atomic E-state index is 12.9. The molecule has 154 valence electrons. The first-order chi connectivity index (χ1) is 13.9. The summed E-state index contributed by atoms with van der Waals surface area (Å²) in [6, 6.07) is 7.21. The van der Waals surface area contributed by atoms with E-state index >= 15 is 0 Å². The van der Waals surface area contributed by atoms with Crippen molar-refractivity contribution in [2.24, 2.45) is 0 Å². The highest BCUT2D eigenvalue weighted by Crippen LogP contribution is 2.55. The normalized spacial score (nSPS) is 22.2. The fraction of sp³-hybridized carbons (Fsp3) is 0.353. The predicted molar refractivity (Wildman–Crippen MR) is 107 cm³/mol. The molecular formula is C17H19ClN5O5P. The topological polar surface area (TPSA) is 134 Å². The van der Waals surface area contributed by atoms with Crippen LogP contribution in [0.2, 0.25) is 5.02 Å². The molecule has 0 saturated carbocycles. The number of benzene rings is 1. The van der Waals surface area contributed by atoms with E-state index in [1.165, 1.54) is 6.33 Å². The second-order valence-electron chi connectivity index (χ2n) is 6.48. The van der Waals surface area contributed by atoms with Crippen molar-refractivity contribution in [1.29, 1.82) is 0 Å². The highest BCUT2D eigenvalue weighted by molar-refractivity contribution is 7.53. The van der Waals surface area contributed by atoms with Gasteiger partial charge in [0.05, 0.1) is 25.6 Å². The van der Waals surface area contributed by atoms with Gasteiger partial charge in [0.25, 0.3) is 5.56 Å². The SMILES string of the molecule is Nc1nc2c(ncn2CCOCP2(=O)OCCC(c3ccc(Cl)cc3)O2)c(=O)[nH]1. The average Bonchev–Trinajstić information content (AvgIpc) is 3.09. The average molecular weight is 440 g/mol. The zero-order valence-electron chi connectivity index (χ0n) is 15.3. The van der Waals surface area contributed by atoms with Crippen LogP contribution in [0.3, 0.4) is 0 Å². The lowest BCUT2D eigenvalue weighted by molar-refractivity contribution is 0.0563. The van der Waals surface area contributed by atoms with Gasteiger partial charge in [-0.15, -0.1) is 0 Å². The van der Waals surface area contributed by atoms with Gasteiger partial charge in [0.2, 0.25) is 5.95 Å². The first-order valence-electron chi connectivity index (χ1n) is 8.89. The van der Waals surface area contributed by atoms with Gasteiger partial charge in [0.15, 0.2) is 11.2 Å². The number of aromatic amines is 1. The van der Waals surface area contributed by atoms with Gasteiger partial charge in [-0.3, -0.25) is 18.9 Å². The van der Waals surface area contributed by atoms with Crippen LogP contribution in [-0.4, -0.2) is 39.1 Å². The quantitative estimate of drug-likeness (QED) is 0.442. The van der Waals surface area contributed by atoms with Crippen LogP contribution in [0.15, 0.2) is 35.4 Å². The lowest BCUT2D eigenvalue weighted by Gasteiger charge is -2.29. The number of hydrogen-bond acceptors (Lipinski definition) is 8. The van der Waals surface area contributed by atoms with Gasteiger partial charge >= 0.3 is 7.60 Å². The van der Waals surface area contributed by atoms with Crippen molar-refractivity contribution in [2.45, 2.75) is 19.1 Å². The number of nitrogen functional groups attached to an aromatic ring is 1. The van der Waals surface area contributed by atoms with E-state index in [-0.39, 0.29) is 30.5 Å². The minimum absolute atomic E-state index is 0.00634. The smallest absolute Gasteiger partial charge is 0.356 e. The highest BCUT2D eigenvalue weighted by Gasteiger charge is 2.34. The van der Waals surface area contributed by atoms with E-state index < -0.39 is 13.2 Å². The van der Waals surface area contributed by atoms with Crippen molar-refractivity contribution >= 4 is 36.3 Å². The number of ether oxygens (including phenoxy) is 1. The standard InChI is InChI=1S/C17H19ClN5O5P/c18-12-3-1-11(2-4-12)13-5-7-27-29(25,28-13)10-26-8-6-23-9-20-14-15(23)21-17(19)22-16(14)24/h1-4,9,13H,5-8,10H2,(H3,19,21,22,24). The number of fused-ring (bicyclic) bond motifs is 1. The molecule has 1 aromatic carbocycles. The molecule has 0 amide bonds. The lowest BCUT2D eigenvalue weighted by atomic mass is 10.1. The number of nitrogens with one attached hydrogen (secondary N) is 1. The van der Waals surface area contributed by atoms with Gasteiger partial charge in [0, 0.05) is 18.0 Å². The van der Waals surface area contributed by atoms with Crippen LogP contribution in [0.5, 0.6) is 0 Å². The van der Waals surface area contributed by atoms with Crippen molar-refractivity contribution < 1.29 is 18.3 Å². The molecule has 29 heavy (non-hydrogen) atoms. The molecule has 1 fully saturated rings. The first-order valence-corrected chi connectivity index (χ1v) is 11.0. The summed E-state index contributed by atoms with van der Waals surface area (Å²) in [4.78, 5) is 22.3. The van der Waals surface area contributed by atoms with Crippen molar-refractivity contribution in [3.05, 3.63) is 51.5 Å². The maximum Gasteiger partial charge on any atom is 0.356 e. The maximum atomic E-state index is 12.9. The Bertz CT molecular complexity index is 1120. The number of nitrogens with two attached hydrogens (primary N) is 1. The molecule has 0 bridgehead atoms. The number of halogens is 1. The van der Waals surface area contributed by atoms with Gasteiger partial charge < -0.3 is 19.6 Å². The Kier molecular flexibility index (Phi) is 5.71. The highest BCUT2D eigenvalue weighted by atomic mass is 35.5.